The van der Waals surface area contributed by atoms with Crippen molar-refractivity contribution in [3.05, 3.63) is 21.9 Å². The average molecular weight is 380 g/mol. The fourth-order valence-electron chi connectivity index (χ4n) is 3.03. The largest absolute Gasteiger partial charge is 0.356 e. The molecule has 1 saturated heterocycles. The molecular formula is C19H29N3O3S. The fourth-order valence-corrected chi connectivity index (χ4v) is 3.82. The zero-order valence-corrected chi connectivity index (χ0v) is 16.5. The van der Waals surface area contributed by atoms with Crippen LogP contribution in [0.5, 0.6) is 0 Å². The summed E-state index contributed by atoms with van der Waals surface area (Å²) in [5.41, 5.74) is 0. The van der Waals surface area contributed by atoms with Gasteiger partial charge >= 0.3 is 0 Å². The van der Waals surface area contributed by atoms with E-state index < -0.39 is 0 Å². The highest BCUT2D eigenvalue weighted by molar-refractivity contribution is 7.13. The molecular weight excluding hydrogens is 350 g/mol. The minimum Gasteiger partial charge on any atom is -0.356 e. The Bertz CT molecular complexity index is 621. The summed E-state index contributed by atoms with van der Waals surface area (Å²) < 4.78 is 0. The van der Waals surface area contributed by atoms with Crippen LogP contribution >= 0.6 is 11.3 Å². The third-order valence-corrected chi connectivity index (χ3v) is 5.66. The Labute approximate surface area is 159 Å². The minimum atomic E-state index is -0.210. The number of nitrogens with zero attached hydrogens (tertiary/aromatic N) is 1. The van der Waals surface area contributed by atoms with E-state index in [1.165, 1.54) is 11.3 Å². The number of carbonyl (C=O) groups excluding carboxylic acids is 3. The molecule has 0 bridgehead atoms. The van der Waals surface area contributed by atoms with Crippen molar-refractivity contribution in [3.63, 3.8) is 0 Å². The number of amides is 3. The van der Waals surface area contributed by atoms with Crippen LogP contribution in [-0.4, -0.2) is 48.8 Å². The number of hydrogen-bond donors (Lipinski definition) is 2. The lowest BCUT2D eigenvalue weighted by Crippen LogP contribution is -2.46. The van der Waals surface area contributed by atoms with Gasteiger partial charge in [0, 0.05) is 30.4 Å². The predicted octanol–water partition coefficient (Wildman–Crippen LogP) is 2.33. The molecule has 0 aliphatic carbocycles. The Hall–Kier alpha value is -1.89. The summed E-state index contributed by atoms with van der Waals surface area (Å²) in [4.78, 5) is 39.8. The molecule has 26 heavy (non-hydrogen) atoms. The Morgan fingerprint density at radius 1 is 1.15 bits per heavy atom. The van der Waals surface area contributed by atoms with Gasteiger partial charge in [0.2, 0.25) is 11.8 Å². The lowest BCUT2D eigenvalue weighted by molar-refractivity contribution is -0.134. The first-order valence-electron chi connectivity index (χ1n) is 9.41. The van der Waals surface area contributed by atoms with Gasteiger partial charge in [-0.15, -0.1) is 11.3 Å². The van der Waals surface area contributed by atoms with Crippen LogP contribution in [0.25, 0.3) is 0 Å². The van der Waals surface area contributed by atoms with Crippen LogP contribution in [0.15, 0.2) is 12.1 Å². The molecule has 2 heterocycles. The van der Waals surface area contributed by atoms with Crippen LogP contribution in [-0.2, 0) is 9.59 Å². The van der Waals surface area contributed by atoms with Gasteiger partial charge in [-0.3, -0.25) is 14.4 Å². The van der Waals surface area contributed by atoms with Crippen molar-refractivity contribution < 1.29 is 14.4 Å². The van der Waals surface area contributed by atoms with Crippen LogP contribution < -0.4 is 10.6 Å². The van der Waals surface area contributed by atoms with Gasteiger partial charge in [-0.05, 0) is 38.3 Å². The fraction of sp³-hybridized carbons (Fsp3) is 0.632. The van der Waals surface area contributed by atoms with E-state index in [1.54, 1.807) is 11.0 Å². The molecule has 0 radical (unpaired) electrons. The number of aryl methyl sites for hydroxylation is 1. The monoisotopic (exact) mass is 379 g/mol. The quantitative estimate of drug-likeness (QED) is 0.681. The first kappa shape index (κ1) is 20.4. The molecule has 144 valence electrons. The van der Waals surface area contributed by atoms with Crippen molar-refractivity contribution in [2.45, 2.75) is 46.0 Å². The van der Waals surface area contributed by atoms with Gasteiger partial charge in [-0.25, -0.2) is 0 Å². The predicted molar refractivity (Wildman–Crippen MR) is 103 cm³/mol. The number of nitrogens with one attached hydrogen (secondary N) is 2. The molecule has 0 spiro atoms. The normalized spacial score (nSPS) is 14.9. The van der Waals surface area contributed by atoms with E-state index in [4.69, 9.17) is 0 Å². The number of likely N-dealkylation sites (tertiary alicyclic amines) is 1. The zero-order chi connectivity index (χ0) is 18.9. The van der Waals surface area contributed by atoms with Gasteiger partial charge in [-0.1, -0.05) is 19.8 Å². The number of thiophene rings is 1. The maximum Gasteiger partial charge on any atom is 0.261 e. The van der Waals surface area contributed by atoms with Crippen molar-refractivity contribution >= 4 is 29.1 Å². The molecule has 2 N–H and O–H groups in total. The summed E-state index contributed by atoms with van der Waals surface area (Å²) in [7, 11) is 0. The topological polar surface area (TPSA) is 78.5 Å². The highest BCUT2D eigenvalue weighted by Gasteiger charge is 2.27. The molecule has 0 aromatic carbocycles. The molecule has 3 amide bonds. The molecule has 1 aliphatic heterocycles. The summed E-state index contributed by atoms with van der Waals surface area (Å²) in [5.74, 6) is -0.204. The highest BCUT2D eigenvalue weighted by Crippen LogP contribution is 2.18. The van der Waals surface area contributed by atoms with Crippen LogP contribution in [0, 0.1) is 12.8 Å². The molecule has 0 unspecified atom stereocenters. The van der Waals surface area contributed by atoms with E-state index in [0.717, 1.165) is 30.7 Å². The Morgan fingerprint density at radius 3 is 2.50 bits per heavy atom. The SMILES string of the molecule is CCCCCNC(=O)C1CCN(C(=O)CNC(=O)c2ccc(C)s2)CC1. The van der Waals surface area contributed by atoms with Gasteiger partial charge < -0.3 is 15.5 Å². The first-order chi connectivity index (χ1) is 12.5. The number of piperidine rings is 1. The van der Waals surface area contributed by atoms with Gasteiger partial charge in [-0.2, -0.15) is 0 Å². The summed E-state index contributed by atoms with van der Waals surface area (Å²) in [6, 6.07) is 3.66. The first-order valence-corrected chi connectivity index (χ1v) is 10.2. The Kier molecular flexibility index (Phi) is 8.09. The van der Waals surface area contributed by atoms with Gasteiger partial charge in [0.15, 0.2) is 0 Å². The molecule has 7 heteroatoms. The number of hydrogen-bond acceptors (Lipinski definition) is 4. The van der Waals surface area contributed by atoms with Crippen LogP contribution in [0.4, 0.5) is 0 Å². The molecule has 1 aliphatic rings. The highest BCUT2D eigenvalue weighted by atomic mass is 32.1. The van der Waals surface area contributed by atoms with Crippen LogP contribution in [0.2, 0.25) is 0 Å². The van der Waals surface area contributed by atoms with Gasteiger partial charge in [0.1, 0.15) is 0 Å². The van der Waals surface area contributed by atoms with Crippen LogP contribution in [0.3, 0.4) is 0 Å². The molecule has 2 rings (SSSR count). The standard InChI is InChI=1S/C19H29N3O3S/c1-3-4-5-10-20-18(24)15-8-11-22(12-9-15)17(23)13-21-19(25)16-7-6-14(2)26-16/h6-7,15H,3-5,8-13H2,1-2H3,(H,20,24)(H,21,25). The molecule has 6 nitrogen and oxygen atoms in total. The maximum absolute atomic E-state index is 12.3. The number of rotatable bonds is 8. The van der Waals surface area contributed by atoms with Crippen molar-refractivity contribution in [1.82, 2.24) is 15.5 Å². The second kappa shape index (κ2) is 10.3. The zero-order valence-electron chi connectivity index (χ0n) is 15.7. The summed E-state index contributed by atoms with van der Waals surface area (Å²) in [5, 5.41) is 5.68. The van der Waals surface area contributed by atoms with E-state index in [9.17, 15) is 14.4 Å². The number of unbranched alkanes of at least 4 members (excludes halogenated alkanes) is 2. The Morgan fingerprint density at radius 2 is 1.88 bits per heavy atom. The van der Waals surface area contributed by atoms with Crippen molar-refractivity contribution in [1.29, 1.82) is 0 Å². The Balaban J connectivity index is 1.67. The van der Waals surface area contributed by atoms with Crippen molar-refractivity contribution in [2.24, 2.45) is 5.92 Å². The van der Waals surface area contributed by atoms with E-state index in [-0.39, 0.29) is 30.2 Å². The second-order valence-corrected chi connectivity index (χ2v) is 8.03. The summed E-state index contributed by atoms with van der Waals surface area (Å²) >= 11 is 1.41. The van der Waals surface area contributed by atoms with Crippen molar-refractivity contribution in [3.8, 4) is 0 Å². The van der Waals surface area contributed by atoms with E-state index in [2.05, 4.69) is 17.6 Å². The van der Waals surface area contributed by atoms with Crippen LogP contribution in [0.1, 0.15) is 53.6 Å². The lowest BCUT2D eigenvalue weighted by Gasteiger charge is -2.31. The van der Waals surface area contributed by atoms with Gasteiger partial charge in [0.25, 0.3) is 5.91 Å². The molecule has 1 aromatic heterocycles. The molecule has 1 aromatic rings. The summed E-state index contributed by atoms with van der Waals surface area (Å²) in [6.45, 7) is 5.96. The minimum absolute atomic E-state index is 0.00363. The molecule has 1 fully saturated rings. The second-order valence-electron chi connectivity index (χ2n) is 6.75. The number of carbonyl (C=O) groups is 3. The molecule has 0 saturated carbocycles. The van der Waals surface area contributed by atoms with E-state index in [0.29, 0.717) is 30.8 Å². The smallest absolute Gasteiger partial charge is 0.261 e. The lowest BCUT2D eigenvalue weighted by atomic mass is 9.96. The van der Waals surface area contributed by atoms with Gasteiger partial charge in [0.05, 0.1) is 11.4 Å². The summed E-state index contributed by atoms with van der Waals surface area (Å²) in [6.07, 6.45) is 4.65. The molecule has 0 atom stereocenters. The third kappa shape index (κ3) is 6.12. The third-order valence-electron chi connectivity index (χ3n) is 4.66. The maximum atomic E-state index is 12.3. The average Bonchev–Trinajstić information content (AvgIpc) is 3.09. The van der Waals surface area contributed by atoms with E-state index >= 15 is 0 Å². The van der Waals surface area contributed by atoms with E-state index in [1.807, 2.05) is 13.0 Å². The van der Waals surface area contributed by atoms with Crippen molar-refractivity contribution in [2.75, 3.05) is 26.2 Å².